The van der Waals surface area contributed by atoms with Gasteiger partial charge in [0.05, 0.1) is 11.5 Å². The van der Waals surface area contributed by atoms with E-state index in [1.807, 2.05) is 0 Å². The Bertz CT molecular complexity index is 587. The molecule has 1 aromatic carbocycles. The molecule has 1 saturated heterocycles. The van der Waals surface area contributed by atoms with Crippen LogP contribution in [0.25, 0.3) is 0 Å². The Hall–Kier alpha value is -1.41. The summed E-state index contributed by atoms with van der Waals surface area (Å²) in [6, 6.07) is 4.33. The number of amides is 1. The Labute approximate surface area is 151 Å². The maximum absolute atomic E-state index is 12.4. The molecule has 1 heterocycles. The van der Waals surface area contributed by atoms with Crippen LogP contribution in [-0.2, 0) is 4.74 Å². The lowest BCUT2D eigenvalue weighted by molar-refractivity contribution is -0.385. The maximum atomic E-state index is 12.4. The average molecular weight is 378 g/mol. The third-order valence-electron chi connectivity index (χ3n) is 4.15. The molecule has 134 valence electrons. The van der Waals surface area contributed by atoms with Gasteiger partial charge in [-0.2, -0.15) is 0 Å². The summed E-state index contributed by atoms with van der Waals surface area (Å²) in [5.74, 6) is -0.492. The van der Waals surface area contributed by atoms with E-state index >= 15 is 0 Å². The minimum Gasteiger partial charge on any atom is -0.384 e. The number of hydrogen-bond acceptors (Lipinski definition) is 5. The molecule has 1 aliphatic rings. The molecule has 24 heavy (non-hydrogen) atoms. The predicted octanol–water partition coefficient (Wildman–Crippen LogP) is 2.42. The van der Waals surface area contributed by atoms with Gasteiger partial charge in [0, 0.05) is 19.1 Å². The summed E-state index contributed by atoms with van der Waals surface area (Å²) in [4.78, 5) is 22.9. The van der Waals surface area contributed by atoms with Crippen molar-refractivity contribution in [3.8, 4) is 0 Å². The molecule has 0 radical (unpaired) electrons. The van der Waals surface area contributed by atoms with Crippen molar-refractivity contribution in [2.24, 2.45) is 5.41 Å². The number of nitro benzene ring substituents is 1. The van der Waals surface area contributed by atoms with Crippen molar-refractivity contribution in [3.05, 3.63) is 38.9 Å². The monoisotopic (exact) mass is 377 g/mol. The van der Waals surface area contributed by atoms with Gasteiger partial charge in [-0.25, -0.2) is 0 Å². The third-order valence-corrected chi connectivity index (χ3v) is 4.46. The third kappa shape index (κ3) is 4.80. The lowest BCUT2D eigenvalue weighted by Crippen LogP contribution is -2.47. The highest BCUT2D eigenvalue weighted by Gasteiger charge is 2.33. The summed E-state index contributed by atoms with van der Waals surface area (Å²) in [6.07, 6.45) is 1.75. The molecule has 0 spiro atoms. The molecule has 7 nitrogen and oxygen atoms in total. The highest BCUT2D eigenvalue weighted by molar-refractivity contribution is 6.33. The van der Waals surface area contributed by atoms with E-state index in [0.717, 1.165) is 25.9 Å². The number of hydrogen-bond donors (Lipinski definition) is 2. The van der Waals surface area contributed by atoms with Crippen molar-refractivity contribution < 1.29 is 14.5 Å². The first-order chi connectivity index (χ1) is 11.0. The Morgan fingerprint density at radius 1 is 1.46 bits per heavy atom. The number of benzene rings is 1. The van der Waals surface area contributed by atoms with Crippen LogP contribution in [0.2, 0.25) is 5.02 Å². The van der Waals surface area contributed by atoms with Gasteiger partial charge in [0.2, 0.25) is 0 Å². The molecular weight excluding hydrogens is 357 g/mol. The second-order valence-electron chi connectivity index (χ2n) is 5.76. The van der Waals surface area contributed by atoms with E-state index in [9.17, 15) is 14.9 Å². The van der Waals surface area contributed by atoms with Gasteiger partial charge in [-0.05, 0) is 38.1 Å². The predicted molar refractivity (Wildman–Crippen MR) is 94.1 cm³/mol. The molecule has 9 heteroatoms. The minimum absolute atomic E-state index is 0. The van der Waals surface area contributed by atoms with E-state index in [0.29, 0.717) is 13.2 Å². The second kappa shape index (κ2) is 9.17. The van der Waals surface area contributed by atoms with Gasteiger partial charge in [-0.3, -0.25) is 14.9 Å². The first-order valence-electron chi connectivity index (χ1n) is 7.40. The number of carbonyl (C=O) groups excluding carboxylic acids is 1. The molecule has 0 unspecified atom stereocenters. The number of carbonyl (C=O) groups is 1. The summed E-state index contributed by atoms with van der Waals surface area (Å²) in [6.45, 7) is 2.66. The van der Waals surface area contributed by atoms with Crippen LogP contribution >= 0.6 is 24.0 Å². The molecule has 2 N–H and O–H groups in total. The van der Waals surface area contributed by atoms with Crippen molar-refractivity contribution in [2.45, 2.75) is 12.8 Å². The SMILES string of the molecule is COCC1(CNC(=O)c2cccc(Cl)c2[N+](=O)[O-])CCNCC1.Cl. The normalized spacial score (nSPS) is 16.1. The number of piperidine rings is 1. The Kier molecular flexibility index (Phi) is 7.89. The second-order valence-corrected chi connectivity index (χ2v) is 6.17. The first kappa shape index (κ1) is 20.6. The number of ether oxygens (including phenoxy) is 1. The van der Waals surface area contributed by atoms with Gasteiger partial charge in [0.15, 0.2) is 0 Å². The molecule has 0 aliphatic carbocycles. The number of para-hydroxylation sites is 1. The molecule has 0 saturated carbocycles. The van der Waals surface area contributed by atoms with E-state index in [1.165, 1.54) is 18.2 Å². The molecule has 0 aromatic heterocycles. The van der Waals surface area contributed by atoms with Gasteiger partial charge in [0.1, 0.15) is 10.6 Å². The maximum Gasteiger partial charge on any atom is 0.300 e. The highest BCUT2D eigenvalue weighted by atomic mass is 35.5. The van der Waals surface area contributed by atoms with E-state index in [2.05, 4.69) is 10.6 Å². The number of nitrogens with one attached hydrogen (secondary N) is 2. The molecule has 1 fully saturated rings. The number of nitro groups is 1. The van der Waals surface area contributed by atoms with Crippen molar-refractivity contribution in [1.82, 2.24) is 10.6 Å². The number of methoxy groups -OCH3 is 1. The standard InChI is InChI=1S/C15H20ClN3O4.ClH/c1-23-10-15(5-7-17-8-6-15)9-18-14(20)11-3-2-4-12(16)13(11)19(21)22;/h2-4,17H,5-10H2,1H3,(H,18,20);1H. The minimum atomic E-state index is -0.632. The van der Waals surface area contributed by atoms with E-state index in [-0.39, 0.29) is 34.1 Å². The Balaban J connectivity index is 0.00000288. The van der Waals surface area contributed by atoms with Crippen LogP contribution < -0.4 is 10.6 Å². The van der Waals surface area contributed by atoms with Crippen LogP contribution in [0.4, 0.5) is 5.69 Å². The van der Waals surface area contributed by atoms with Gasteiger partial charge < -0.3 is 15.4 Å². The van der Waals surface area contributed by atoms with Crippen LogP contribution in [0.3, 0.4) is 0 Å². The van der Waals surface area contributed by atoms with E-state index in [1.54, 1.807) is 7.11 Å². The number of halogens is 2. The smallest absolute Gasteiger partial charge is 0.300 e. The van der Waals surface area contributed by atoms with E-state index in [4.69, 9.17) is 16.3 Å². The highest BCUT2D eigenvalue weighted by Crippen LogP contribution is 2.30. The number of nitrogens with zero attached hydrogens (tertiary/aromatic N) is 1. The quantitative estimate of drug-likeness (QED) is 0.586. The summed E-state index contributed by atoms with van der Waals surface area (Å²) in [7, 11) is 1.63. The zero-order valence-electron chi connectivity index (χ0n) is 13.3. The lowest BCUT2D eigenvalue weighted by atomic mass is 9.79. The molecule has 0 atom stereocenters. The molecule has 1 aromatic rings. The Morgan fingerprint density at radius 3 is 2.71 bits per heavy atom. The average Bonchev–Trinajstić information content (AvgIpc) is 2.53. The van der Waals surface area contributed by atoms with Crippen molar-refractivity contribution in [3.63, 3.8) is 0 Å². The zero-order chi connectivity index (χ0) is 16.9. The van der Waals surface area contributed by atoms with Gasteiger partial charge >= 0.3 is 5.69 Å². The van der Waals surface area contributed by atoms with Crippen LogP contribution in [0, 0.1) is 15.5 Å². The van der Waals surface area contributed by atoms with Crippen LogP contribution in [-0.4, -0.2) is 44.2 Å². The molecule has 0 bridgehead atoms. The fourth-order valence-corrected chi connectivity index (χ4v) is 3.13. The van der Waals surface area contributed by atoms with Crippen LogP contribution in [0.1, 0.15) is 23.2 Å². The van der Waals surface area contributed by atoms with E-state index < -0.39 is 10.8 Å². The van der Waals surface area contributed by atoms with Crippen LogP contribution in [0.15, 0.2) is 18.2 Å². The molecular formula is C15H21Cl2N3O4. The zero-order valence-corrected chi connectivity index (χ0v) is 14.9. The summed E-state index contributed by atoms with van der Waals surface area (Å²) in [5, 5.41) is 17.2. The fraction of sp³-hybridized carbons (Fsp3) is 0.533. The topological polar surface area (TPSA) is 93.5 Å². The summed E-state index contributed by atoms with van der Waals surface area (Å²) in [5.41, 5.74) is -0.537. The van der Waals surface area contributed by atoms with Gasteiger partial charge in [-0.1, -0.05) is 17.7 Å². The first-order valence-corrected chi connectivity index (χ1v) is 7.78. The van der Waals surface area contributed by atoms with Crippen molar-refractivity contribution in [1.29, 1.82) is 0 Å². The fourth-order valence-electron chi connectivity index (χ4n) is 2.88. The Morgan fingerprint density at radius 2 is 2.12 bits per heavy atom. The van der Waals surface area contributed by atoms with Gasteiger partial charge in [-0.15, -0.1) is 12.4 Å². The summed E-state index contributed by atoms with van der Waals surface area (Å²) >= 11 is 5.84. The van der Waals surface area contributed by atoms with Gasteiger partial charge in [0.25, 0.3) is 5.91 Å². The lowest BCUT2D eigenvalue weighted by Gasteiger charge is -2.37. The molecule has 2 rings (SSSR count). The largest absolute Gasteiger partial charge is 0.384 e. The summed E-state index contributed by atoms with van der Waals surface area (Å²) < 4.78 is 5.30. The molecule has 1 amide bonds. The molecule has 1 aliphatic heterocycles. The van der Waals surface area contributed by atoms with Crippen LogP contribution in [0.5, 0.6) is 0 Å². The number of rotatable bonds is 6. The van der Waals surface area contributed by atoms with Crippen molar-refractivity contribution >= 4 is 35.6 Å². The van der Waals surface area contributed by atoms with Crippen molar-refractivity contribution in [2.75, 3.05) is 33.4 Å².